The smallest absolute Gasteiger partial charge is 0.235 e. The summed E-state index contributed by atoms with van der Waals surface area (Å²) >= 11 is 6.14. The lowest BCUT2D eigenvalue weighted by Gasteiger charge is -2.44. The maximum absolute atomic E-state index is 14.3. The molecule has 4 aromatic rings. The van der Waals surface area contributed by atoms with Crippen molar-refractivity contribution >= 4 is 40.6 Å². The van der Waals surface area contributed by atoms with E-state index in [1.165, 1.54) is 19.1 Å². The Morgan fingerprint density at radius 3 is 2.04 bits per heavy atom. The van der Waals surface area contributed by atoms with E-state index in [4.69, 9.17) is 16.3 Å². The minimum atomic E-state index is -1.76. The number of carbonyl (C=O) groups is 3. The van der Waals surface area contributed by atoms with Crippen molar-refractivity contribution in [2.75, 3.05) is 10.6 Å². The number of para-hydroxylation sites is 2. The zero-order valence-corrected chi connectivity index (χ0v) is 25.9. The molecule has 0 bridgehead atoms. The predicted molar refractivity (Wildman–Crippen MR) is 172 cm³/mol. The van der Waals surface area contributed by atoms with Gasteiger partial charge in [-0.25, -0.2) is 4.39 Å². The number of carbonyl (C=O) groups excluding carboxylic acids is 3. The molecule has 0 radical (unpaired) electrons. The molecule has 2 amide bonds. The monoisotopic (exact) mass is 628 g/mol. The Kier molecular flexibility index (Phi) is 9.37. The first-order chi connectivity index (χ1) is 21.5. The molecule has 0 aromatic heterocycles. The zero-order valence-electron chi connectivity index (χ0n) is 25.1. The SMILES string of the molecule is Cc1ccccc1NC(=O)C1C(=O)CC(C)(O)C(C(=O)Nc2ccccc2C)C1c1ccc(OCc2c(F)cccc2Cl)cc1. The normalized spacial score (nSPS) is 21.2. The Balaban J connectivity index is 1.51. The third kappa shape index (κ3) is 6.92. The number of benzene rings is 4. The summed E-state index contributed by atoms with van der Waals surface area (Å²) in [4.78, 5) is 41.5. The van der Waals surface area contributed by atoms with Crippen LogP contribution in [0.4, 0.5) is 15.8 Å². The van der Waals surface area contributed by atoms with Crippen LogP contribution in [0.5, 0.6) is 5.75 Å². The highest BCUT2D eigenvalue weighted by Gasteiger charge is 2.56. The summed E-state index contributed by atoms with van der Waals surface area (Å²) in [5.74, 6) is -5.16. The molecule has 9 heteroatoms. The fraction of sp³-hybridized carbons (Fsp3) is 0.250. The lowest BCUT2D eigenvalue weighted by molar-refractivity contribution is -0.150. The van der Waals surface area contributed by atoms with E-state index in [2.05, 4.69) is 10.6 Å². The molecule has 1 aliphatic rings. The van der Waals surface area contributed by atoms with E-state index >= 15 is 0 Å². The van der Waals surface area contributed by atoms with Crippen LogP contribution in [0.3, 0.4) is 0 Å². The van der Waals surface area contributed by atoms with Gasteiger partial charge in [0.1, 0.15) is 29.9 Å². The van der Waals surface area contributed by atoms with Gasteiger partial charge in [0, 0.05) is 29.3 Å². The molecule has 1 saturated carbocycles. The van der Waals surface area contributed by atoms with E-state index in [1.807, 2.05) is 38.1 Å². The number of ketones is 1. The molecule has 0 spiro atoms. The van der Waals surface area contributed by atoms with E-state index in [0.717, 1.165) is 11.1 Å². The molecule has 45 heavy (non-hydrogen) atoms. The molecule has 0 aliphatic heterocycles. The third-order valence-electron chi connectivity index (χ3n) is 8.35. The van der Waals surface area contributed by atoms with Crippen LogP contribution < -0.4 is 15.4 Å². The van der Waals surface area contributed by atoms with Crippen LogP contribution in [-0.2, 0) is 21.0 Å². The van der Waals surface area contributed by atoms with Crippen molar-refractivity contribution < 1.29 is 28.6 Å². The molecule has 1 aliphatic carbocycles. The second kappa shape index (κ2) is 13.2. The maximum Gasteiger partial charge on any atom is 0.235 e. The number of halogens is 2. The number of amides is 2. The first-order valence-electron chi connectivity index (χ1n) is 14.6. The van der Waals surface area contributed by atoms with Crippen molar-refractivity contribution in [3.63, 3.8) is 0 Å². The minimum Gasteiger partial charge on any atom is -0.489 e. The number of hydrogen-bond acceptors (Lipinski definition) is 5. The van der Waals surface area contributed by atoms with Crippen LogP contribution in [-0.4, -0.2) is 28.3 Å². The highest BCUT2D eigenvalue weighted by Crippen LogP contribution is 2.47. The number of nitrogens with one attached hydrogen (secondary N) is 2. The summed E-state index contributed by atoms with van der Waals surface area (Å²) in [5.41, 5.74) is 1.66. The van der Waals surface area contributed by atoms with Gasteiger partial charge >= 0.3 is 0 Å². The molecule has 4 unspecified atom stereocenters. The molecule has 5 rings (SSSR count). The Morgan fingerprint density at radius 2 is 1.47 bits per heavy atom. The van der Waals surface area contributed by atoms with Crippen LogP contribution in [0.2, 0.25) is 5.02 Å². The molecule has 0 heterocycles. The summed E-state index contributed by atoms with van der Waals surface area (Å²) in [6.45, 7) is 5.02. The maximum atomic E-state index is 14.3. The predicted octanol–water partition coefficient (Wildman–Crippen LogP) is 6.99. The van der Waals surface area contributed by atoms with Crippen molar-refractivity contribution in [2.24, 2.45) is 11.8 Å². The van der Waals surface area contributed by atoms with Crippen molar-refractivity contribution in [1.82, 2.24) is 0 Å². The Hall–Kier alpha value is -4.53. The number of ether oxygens (including phenoxy) is 1. The van der Waals surface area contributed by atoms with Gasteiger partial charge in [0.2, 0.25) is 11.8 Å². The highest BCUT2D eigenvalue weighted by molar-refractivity contribution is 6.31. The zero-order chi connectivity index (χ0) is 32.3. The van der Waals surface area contributed by atoms with Crippen LogP contribution in [0, 0.1) is 31.5 Å². The summed E-state index contributed by atoms with van der Waals surface area (Å²) in [6.07, 6.45) is -0.383. The second-order valence-corrected chi connectivity index (χ2v) is 12.1. The lowest BCUT2D eigenvalue weighted by atomic mass is 9.61. The fourth-order valence-corrected chi connectivity index (χ4v) is 6.17. The molecular weight excluding hydrogens is 595 g/mol. The number of Topliss-reactive ketones (excluding diaryl/α,β-unsaturated/α-hetero) is 1. The summed E-state index contributed by atoms with van der Waals surface area (Å²) in [6, 6.07) is 25.3. The molecule has 232 valence electrons. The summed E-state index contributed by atoms with van der Waals surface area (Å²) in [5, 5.41) is 17.6. The molecular formula is C36H34ClFN2O5. The largest absolute Gasteiger partial charge is 0.489 e. The Labute approximate surface area is 266 Å². The van der Waals surface area contributed by atoms with Crippen molar-refractivity contribution in [3.05, 3.63) is 124 Å². The van der Waals surface area contributed by atoms with Crippen molar-refractivity contribution in [3.8, 4) is 5.75 Å². The van der Waals surface area contributed by atoms with Gasteiger partial charge in [-0.05, 0) is 73.9 Å². The second-order valence-electron chi connectivity index (χ2n) is 11.6. The number of anilines is 2. The van der Waals surface area contributed by atoms with Crippen LogP contribution in [0.25, 0.3) is 0 Å². The first kappa shape index (κ1) is 31.9. The van der Waals surface area contributed by atoms with E-state index in [1.54, 1.807) is 54.6 Å². The Morgan fingerprint density at radius 1 is 0.889 bits per heavy atom. The van der Waals surface area contributed by atoms with Gasteiger partial charge in [-0.1, -0.05) is 66.2 Å². The molecule has 7 nitrogen and oxygen atoms in total. The van der Waals surface area contributed by atoms with Crippen LogP contribution in [0.1, 0.15) is 41.5 Å². The van der Waals surface area contributed by atoms with Gasteiger partial charge < -0.3 is 20.5 Å². The standard InChI is InChI=1S/C36H34ClFN2O5/c1-21-9-4-6-13-28(21)39-34(42)32-30(41)19-36(3,44)33(35(43)40-29-14-7-5-10-22(29)2)31(32)23-15-17-24(18-16-23)45-20-25-26(37)11-8-12-27(25)38/h4-18,31-33,44H,19-20H2,1-3H3,(H,39,42)(H,40,43). The van der Waals surface area contributed by atoms with Crippen LogP contribution >= 0.6 is 11.6 Å². The van der Waals surface area contributed by atoms with Crippen molar-refractivity contribution in [1.29, 1.82) is 0 Å². The summed E-state index contributed by atoms with van der Waals surface area (Å²) < 4.78 is 20.1. The highest BCUT2D eigenvalue weighted by atomic mass is 35.5. The average molecular weight is 629 g/mol. The average Bonchev–Trinajstić information content (AvgIpc) is 2.98. The van der Waals surface area contributed by atoms with E-state index in [-0.39, 0.29) is 23.6 Å². The van der Waals surface area contributed by atoms with E-state index in [9.17, 15) is 23.9 Å². The van der Waals surface area contributed by atoms with Gasteiger partial charge in [0.15, 0.2) is 0 Å². The third-order valence-corrected chi connectivity index (χ3v) is 8.70. The number of rotatable bonds is 8. The number of hydrogen-bond donors (Lipinski definition) is 3. The van der Waals surface area contributed by atoms with E-state index in [0.29, 0.717) is 22.7 Å². The van der Waals surface area contributed by atoms with Crippen LogP contribution in [0.15, 0.2) is 91.0 Å². The lowest BCUT2D eigenvalue weighted by Crippen LogP contribution is -2.56. The number of aryl methyl sites for hydroxylation is 2. The Bertz CT molecular complexity index is 1720. The molecule has 1 fully saturated rings. The quantitative estimate of drug-likeness (QED) is 0.182. The molecule has 4 aromatic carbocycles. The van der Waals surface area contributed by atoms with Gasteiger partial charge in [-0.2, -0.15) is 0 Å². The van der Waals surface area contributed by atoms with Gasteiger partial charge in [-0.15, -0.1) is 0 Å². The van der Waals surface area contributed by atoms with E-state index < -0.39 is 46.8 Å². The van der Waals surface area contributed by atoms with Gasteiger partial charge in [0.05, 0.1) is 16.5 Å². The minimum absolute atomic E-state index is 0.121. The van der Waals surface area contributed by atoms with Gasteiger partial charge in [0.25, 0.3) is 0 Å². The summed E-state index contributed by atoms with van der Waals surface area (Å²) in [7, 11) is 0. The van der Waals surface area contributed by atoms with Gasteiger partial charge in [-0.3, -0.25) is 14.4 Å². The van der Waals surface area contributed by atoms with Crippen molar-refractivity contribution in [2.45, 2.75) is 45.3 Å². The fourth-order valence-electron chi connectivity index (χ4n) is 5.95. The molecule has 3 N–H and O–H groups in total. The first-order valence-corrected chi connectivity index (χ1v) is 15.0. The molecule has 0 saturated heterocycles. The number of aliphatic hydroxyl groups is 1. The molecule has 4 atom stereocenters. The topological polar surface area (TPSA) is 105 Å².